The number of allylic oxidation sites excluding steroid dienone is 2. The first-order valence-corrected chi connectivity index (χ1v) is 9.57. The van der Waals surface area contributed by atoms with Gasteiger partial charge in [-0.25, -0.2) is 4.79 Å². The van der Waals surface area contributed by atoms with Gasteiger partial charge < -0.3 is 10.1 Å². The molecule has 3 unspecified atom stereocenters. The maximum atomic E-state index is 12.2. The van der Waals surface area contributed by atoms with E-state index in [1.54, 1.807) is 18.2 Å². The van der Waals surface area contributed by atoms with Crippen LogP contribution in [0.1, 0.15) is 53.2 Å². The van der Waals surface area contributed by atoms with Crippen LogP contribution in [0.2, 0.25) is 0 Å². The van der Waals surface area contributed by atoms with Gasteiger partial charge in [-0.15, -0.1) is 0 Å². The van der Waals surface area contributed by atoms with Crippen molar-refractivity contribution in [2.45, 2.75) is 31.7 Å². The molecule has 6 nitrogen and oxygen atoms in total. The van der Waals surface area contributed by atoms with E-state index in [4.69, 9.17) is 4.74 Å². The summed E-state index contributed by atoms with van der Waals surface area (Å²) in [6.07, 6.45) is 6.00. The lowest BCUT2D eigenvalue weighted by atomic mass is 9.76. The van der Waals surface area contributed by atoms with Gasteiger partial charge in [0.25, 0.3) is 5.69 Å². The van der Waals surface area contributed by atoms with E-state index >= 15 is 0 Å². The topological polar surface area (TPSA) is 81.5 Å². The number of rotatable bonds is 5. The Labute approximate surface area is 163 Å². The van der Waals surface area contributed by atoms with Gasteiger partial charge in [-0.1, -0.05) is 31.2 Å². The molecule has 2 aliphatic rings. The molecule has 0 aromatic heterocycles. The van der Waals surface area contributed by atoms with Crippen molar-refractivity contribution in [3.05, 3.63) is 81.4 Å². The summed E-state index contributed by atoms with van der Waals surface area (Å²) in [6.45, 7) is 2.38. The minimum atomic E-state index is -0.362. The molecule has 2 aromatic rings. The predicted molar refractivity (Wildman–Crippen MR) is 106 cm³/mol. The number of esters is 1. The smallest absolute Gasteiger partial charge is 0.338 e. The zero-order chi connectivity index (χ0) is 19.7. The molecular weight excluding hydrogens is 356 g/mol. The summed E-state index contributed by atoms with van der Waals surface area (Å²) in [5, 5.41) is 14.7. The summed E-state index contributed by atoms with van der Waals surface area (Å²) in [4.78, 5) is 23.0. The molecule has 3 atom stereocenters. The number of benzene rings is 2. The molecule has 4 rings (SSSR count). The van der Waals surface area contributed by atoms with Gasteiger partial charge in [-0.3, -0.25) is 10.1 Å². The molecular formula is C22H22N2O4. The maximum absolute atomic E-state index is 12.2. The van der Waals surface area contributed by atoms with Gasteiger partial charge in [0, 0.05) is 23.7 Å². The Kier molecular flexibility index (Phi) is 4.86. The quantitative estimate of drug-likeness (QED) is 0.343. The molecule has 6 heteroatoms. The summed E-state index contributed by atoms with van der Waals surface area (Å²) in [5.74, 6) is 0.111. The van der Waals surface area contributed by atoms with Gasteiger partial charge in [0.15, 0.2) is 0 Å². The van der Waals surface area contributed by atoms with Gasteiger partial charge in [-0.2, -0.15) is 0 Å². The van der Waals surface area contributed by atoms with Crippen LogP contribution in [0, 0.1) is 16.0 Å². The molecule has 144 valence electrons. The second-order valence-corrected chi connectivity index (χ2v) is 7.27. The largest absolute Gasteiger partial charge is 0.462 e. The van der Waals surface area contributed by atoms with Crippen LogP contribution < -0.4 is 5.32 Å². The highest BCUT2D eigenvalue weighted by Crippen LogP contribution is 2.50. The monoisotopic (exact) mass is 378 g/mol. The van der Waals surface area contributed by atoms with E-state index in [2.05, 4.69) is 17.5 Å². The summed E-state index contributed by atoms with van der Waals surface area (Å²) >= 11 is 0. The van der Waals surface area contributed by atoms with E-state index in [9.17, 15) is 14.9 Å². The molecule has 2 aromatic carbocycles. The van der Waals surface area contributed by atoms with Crippen LogP contribution in [0.15, 0.2) is 54.6 Å². The fourth-order valence-corrected chi connectivity index (χ4v) is 4.16. The highest BCUT2D eigenvalue weighted by atomic mass is 16.6. The maximum Gasteiger partial charge on any atom is 0.338 e. The molecule has 0 radical (unpaired) electrons. The van der Waals surface area contributed by atoms with Crippen LogP contribution in [0.4, 0.5) is 11.4 Å². The lowest BCUT2D eigenvalue weighted by Crippen LogP contribution is -2.29. The zero-order valence-corrected chi connectivity index (χ0v) is 15.6. The van der Waals surface area contributed by atoms with Crippen molar-refractivity contribution in [2.75, 3.05) is 11.9 Å². The van der Waals surface area contributed by atoms with E-state index < -0.39 is 0 Å². The van der Waals surface area contributed by atoms with E-state index in [0.717, 1.165) is 29.7 Å². The SMILES string of the molecule is CCCOC(=O)c1ccc2c(c1)C1C=CCC1C(c1cccc([N+](=O)[O-])c1)N2. The van der Waals surface area contributed by atoms with Crippen molar-refractivity contribution in [2.24, 2.45) is 5.92 Å². The van der Waals surface area contributed by atoms with Crippen LogP contribution in [0.3, 0.4) is 0 Å². The first kappa shape index (κ1) is 18.2. The van der Waals surface area contributed by atoms with E-state index in [1.807, 2.05) is 25.1 Å². The van der Waals surface area contributed by atoms with Gasteiger partial charge in [-0.05, 0) is 48.1 Å². The van der Waals surface area contributed by atoms with E-state index in [-0.39, 0.29) is 34.5 Å². The Morgan fingerprint density at radius 3 is 2.93 bits per heavy atom. The standard InChI is InChI=1S/C22H22N2O4/c1-2-11-28-22(25)15-9-10-20-19(13-15)17-7-4-8-18(17)21(23-20)14-5-3-6-16(12-14)24(26)27/h3-7,9-10,12-13,17-18,21,23H,2,8,11H2,1H3. The van der Waals surface area contributed by atoms with Crippen molar-refractivity contribution in [1.29, 1.82) is 0 Å². The highest BCUT2D eigenvalue weighted by molar-refractivity contribution is 5.90. The normalized spacial score (nSPS) is 22.1. The molecule has 0 bridgehead atoms. The molecule has 0 saturated carbocycles. The minimum Gasteiger partial charge on any atom is -0.462 e. The number of carbonyl (C=O) groups excluding carboxylic acids is 1. The molecule has 1 aliphatic heterocycles. The number of fused-ring (bicyclic) bond motifs is 3. The second-order valence-electron chi connectivity index (χ2n) is 7.27. The number of hydrogen-bond acceptors (Lipinski definition) is 5. The van der Waals surface area contributed by atoms with Gasteiger partial charge >= 0.3 is 5.97 Å². The zero-order valence-electron chi connectivity index (χ0n) is 15.6. The molecule has 0 spiro atoms. The minimum absolute atomic E-state index is 0.0229. The molecule has 1 heterocycles. The number of nitro groups is 1. The van der Waals surface area contributed by atoms with Crippen LogP contribution in [0.5, 0.6) is 0 Å². The number of nitrogens with one attached hydrogen (secondary N) is 1. The number of non-ortho nitro benzene ring substituents is 1. The van der Waals surface area contributed by atoms with E-state index in [0.29, 0.717) is 12.2 Å². The summed E-state index contributed by atoms with van der Waals surface area (Å²) in [5.41, 5.74) is 3.59. The lowest BCUT2D eigenvalue weighted by Gasteiger charge is -2.37. The molecule has 1 N–H and O–H groups in total. The summed E-state index contributed by atoms with van der Waals surface area (Å²) in [7, 11) is 0. The average molecular weight is 378 g/mol. The number of carbonyl (C=O) groups is 1. The second kappa shape index (κ2) is 7.46. The molecule has 0 saturated heterocycles. The third-order valence-electron chi connectivity index (χ3n) is 5.48. The van der Waals surface area contributed by atoms with Crippen molar-refractivity contribution < 1.29 is 14.5 Å². The van der Waals surface area contributed by atoms with Gasteiger partial charge in [0.1, 0.15) is 0 Å². The van der Waals surface area contributed by atoms with Crippen molar-refractivity contribution in [3.63, 3.8) is 0 Å². The van der Waals surface area contributed by atoms with Crippen molar-refractivity contribution >= 4 is 17.3 Å². The third kappa shape index (κ3) is 3.26. The number of ether oxygens (including phenoxy) is 1. The Bertz CT molecular complexity index is 953. The Hall–Kier alpha value is -3.15. The number of nitrogens with zero attached hydrogens (tertiary/aromatic N) is 1. The first-order chi connectivity index (χ1) is 13.6. The summed E-state index contributed by atoms with van der Waals surface area (Å²) in [6, 6.07) is 12.4. The Balaban J connectivity index is 1.67. The van der Waals surface area contributed by atoms with E-state index in [1.165, 1.54) is 6.07 Å². The molecule has 28 heavy (non-hydrogen) atoms. The molecule has 0 fully saturated rings. The van der Waals surface area contributed by atoms with Gasteiger partial charge in [0.05, 0.1) is 23.1 Å². The Morgan fingerprint density at radius 1 is 1.29 bits per heavy atom. The predicted octanol–water partition coefficient (Wildman–Crippen LogP) is 4.99. The van der Waals surface area contributed by atoms with Gasteiger partial charge in [0.2, 0.25) is 0 Å². The van der Waals surface area contributed by atoms with Crippen LogP contribution >= 0.6 is 0 Å². The number of hydrogen-bond donors (Lipinski definition) is 1. The van der Waals surface area contributed by atoms with Crippen molar-refractivity contribution in [1.82, 2.24) is 0 Å². The van der Waals surface area contributed by atoms with Crippen LogP contribution in [-0.4, -0.2) is 17.5 Å². The number of nitro benzene ring substituents is 1. The third-order valence-corrected chi connectivity index (χ3v) is 5.48. The first-order valence-electron chi connectivity index (χ1n) is 9.57. The number of anilines is 1. The highest BCUT2D eigenvalue weighted by Gasteiger charge is 2.38. The van der Waals surface area contributed by atoms with Crippen LogP contribution in [0.25, 0.3) is 0 Å². The fourth-order valence-electron chi connectivity index (χ4n) is 4.16. The molecule has 1 aliphatic carbocycles. The molecule has 0 amide bonds. The summed E-state index contributed by atoms with van der Waals surface area (Å²) < 4.78 is 5.26. The van der Waals surface area contributed by atoms with Crippen molar-refractivity contribution in [3.8, 4) is 0 Å². The lowest BCUT2D eigenvalue weighted by molar-refractivity contribution is -0.384. The fraction of sp³-hybridized carbons (Fsp3) is 0.318. The average Bonchev–Trinajstić information content (AvgIpc) is 3.21. The Morgan fingerprint density at radius 2 is 2.14 bits per heavy atom. The van der Waals surface area contributed by atoms with Crippen LogP contribution in [-0.2, 0) is 4.74 Å².